The van der Waals surface area contributed by atoms with Crippen molar-refractivity contribution in [2.45, 2.75) is 25.4 Å². The normalized spacial score (nSPS) is 21.0. The lowest BCUT2D eigenvalue weighted by molar-refractivity contribution is -0.136. The summed E-state index contributed by atoms with van der Waals surface area (Å²) in [5.74, 6) is -5.16. The number of aromatic hydroxyl groups is 2. The summed E-state index contributed by atoms with van der Waals surface area (Å²) in [6, 6.07) is -0.915. The Morgan fingerprint density at radius 3 is 2.55 bits per heavy atom. The lowest BCUT2D eigenvalue weighted by atomic mass is 10.0. The smallest absolute Gasteiger partial charge is 0.259 e. The largest absolute Gasteiger partial charge is 0.504 e. The monoisotopic (exact) mass is 309 g/mol. The number of hydrogen-bond acceptors (Lipinski definition) is 6. The van der Waals surface area contributed by atoms with E-state index in [1.54, 1.807) is 0 Å². The van der Waals surface area contributed by atoms with Crippen LogP contribution in [0.25, 0.3) is 0 Å². The Balaban J connectivity index is 2.02. The van der Waals surface area contributed by atoms with E-state index in [1.807, 2.05) is 0 Å². The van der Waals surface area contributed by atoms with Gasteiger partial charge in [0.25, 0.3) is 5.91 Å². The molecular formula is C13H12FN3O5. The number of fused-ring (bicyclic) bond motifs is 1. The molecule has 0 saturated carbocycles. The van der Waals surface area contributed by atoms with E-state index in [-0.39, 0.29) is 36.2 Å². The Hall–Kier alpha value is -2.84. The molecule has 9 heteroatoms. The van der Waals surface area contributed by atoms with Gasteiger partial charge in [-0.2, -0.15) is 4.39 Å². The lowest BCUT2D eigenvalue weighted by Gasteiger charge is -2.29. The minimum absolute atomic E-state index is 0.0612. The van der Waals surface area contributed by atoms with Crippen molar-refractivity contribution < 1.29 is 29.0 Å². The van der Waals surface area contributed by atoms with Gasteiger partial charge in [0.1, 0.15) is 6.04 Å². The molecule has 0 aromatic heterocycles. The standard InChI is InChI=1S/C13H12FN3O5/c14-8-10(19)7-4(9(15)11(8)20)3-17(13(7)22)5-1-2-6(18)16-12(5)21/h5,19-20H,1-3,15H2,(H,16,18,21). The van der Waals surface area contributed by atoms with Crippen molar-refractivity contribution in [2.24, 2.45) is 0 Å². The number of carbonyl (C=O) groups excluding carboxylic acids is 3. The van der Waals surface area contributed by atoms with Crippen LogP contribution in [0.15, 0.2) is 0 Å². The molecule has 8 nitrogen and oxygen atoms in total. The van der Waals surface area contributed by atoms with Crippen LogP contribution in [0.3, 0.4) is 0 Å². The summed E-state index contributed by atoms with van der Waals surface area (Å²) >= 11 is 0. The van der Waals surface area contributed by atoms with Crippen LogP contribution in [-0.2, 0) is 16.1 Å². The molecule has 5 N–H and O–H groups in total. The average molecular weight is 309 g/mol. The molecule has 0 bridgehead atoms. The number of nitrogens with two attached hydrogens (primary N) is 1. The first-order valence-electron chi connectivity index (χ1n) is 6.49. The molecule has 0 spiro atoms. The fourth-order valence-electron chi connectivity index (χ4n) is 2.77. The van der Waals surface area contributed by atoms with Crippen molar-refractivity contribution in [1.29, 1.82) is 0 Å². The third-order valence-corrected chi connectivity index (χ3v) is 3.92. The maximum absolute atomic E-state index is 13.6. The number of anilines is 1. The van der Waals surface area contributed by atoms with Crippen LogP contribution in [-0.4, -0.2) is 38.9 Å². The summed E-state index contributed by atoms with van der Waals surface area (Å²) in [6.45, 7) is -0.159. The fourth-order valence-corrected chi connectivity index (χ4v) is 2.77. The van der Waals surface area contributed by atoms with E-state index in [2.05, 4.69) is 5.32 Å². The van der Waals surface area contributed by atoms with Crippen molar-refractivity contribution >= 4 is 23.4 Å². The van der Waals surface area contributed by atoms with Gasteiger partial charge in [0.15, 0.2) is 11.5 Å². The molecule has 2 aliphatic rings. The molecule has 1 aromatic carbocycles. The van der Waals surface area contributed by atoms with Gasteiger partial charge in [0, 0.05) is 18.5 Å². The van der Waals surface area contributed by atoms with Crippen LogP contribution in [0.4, 0.5) is 10.1 Å². The van der Waals surface area contributed by atoms with E-state index in [0.717, 1.165) is 4.90 Å². The number of imide groups is 1. The average Bonchev–Trinajstić information content (AvgIpc) is 2.81. The van der Waals surface area contributed by atoms with Gasteiger partial charge in [-0.3, -0.25) is 19.7 Å². The highest BCUT2D eigenvalue weighted by molar-refractivity contribution is 6.07. The van der Waals surface area contributed by atoms with Crippen LogP contribution < -0.4 is 11.1 Å². The highest BCUT2D eigenvalue weighted by atomic mass is 19.1. The number of nitrogens with zero attached hydrogens (tertiary/aromatic N) is 1. The number of nitrogens with one attached hydrogen (secondary N) is 1. The Labute approximate surface area is 123 Å². The molecule has 1 atom stereocenters. The molecule has 22 heavy (non-hydrogen) atoms. The second-order valence-corrected chi connectivity index (χ2v) is 5.18. The summed E-state index contributed by atoms with van der Waals surface area (Å²) in [7, 11) is 0. The summed E-state index contributed by atoms with van der Waals surface area (Å²) in [4.78, 5) is 36.5. The third kappa shape index (κ3) is 1.78. The van der Waals surface area contributed by atoms with Gasteiger partial charge in [-0.1, -0.05) is 0 Å². The number of rotatable bonds is 1. The van der Waals surface area contributed by atoms with E-state index in [0.29, 0.717) is 0 Å². The highest BCUT2D eigenvalue weighted by Gasteiger charge is 2.42. The summed E-state index contributed by atoms with van der Waals surface area (Å²) in [6.07, 6.45) is 0.192. The van der Waals surface area contributed by atoms with Gasteiger partial charge in [-0.25, -0.2) is 0 Å². The Morgan fingerprint density at radius 2 is 1.91 bits per heavy atom. The number of carbonyl (C=O) groups is 3. The van der Waals surface area contributed by atoms with Crippen LogP contribution in [0, 0.1) is 5.82 Å². The van der Waals surface area contributed by atoms with Crippen LogP contribution in [0.1, 0.15) is 28.8 Å². The topological polar surface area (TPSA) is 133 Å². The predicted octanol–water partition coefficient (Wildman–Crippen LogP) is -0.420. The number of phenols is 2. The number of nitrogen functional groups attached to an aromatic ring is 1. The maximum atomic E-state index is 13.6. The number of piperidine rings is 1. The molecule has 1 fully saturated rings. The number of phenolic OH excluding ortho intramolecular Hbond substituents is 2. The van der Waals surface area contributed by atoms with Gasteiger partial charge in [0.05, 0.1) is 11.3 Å². The molecule has 0 radical (unpaired) electrons. The number of hydrogen-bond donors (Lipinski definition) is 4. The first kappa shape index (κ1) is 14.1. The summed E-state index contributed by atoms with van der Waals surface area (Å²) in [5, 5.41) is 21.3. The second kappa shape index (κ2) is 4.58. The summed E-state index contributed by atoms with van der Waals surface area (Å²) in [5.41, 5.74) is 4.92. The molecule has 2 heterocycles. The van der Waals surface area contributed by atoms with Crippen LogP contribution in [0.5, 0.6) is 11.5 Å². The van der Waals surface area contributed by atoms with E-state index < -0.39 is 41.1 Å². The zero-order valence-corrected chi connectivity index (χ0v) is 11.2. The Kier molecular flexibility index (Phi) is 2.94. The molecule has 0 aliphatic carbocycles. The molecule has 3 amide bonds. The molecule has 1 aromatic rings. The van der Waals surface area contributed by atoms with E-state index >= 15 is 0 Å². The molecule has 2 aliphatic heterocycles. The molecule has 3 rings (SSSR count). The van der Waals surface area contributed by atoms with E-state index in [4.69, 9.17) is 5.73 Å². The quantitative estimate of drug-likeness (QED) is 0.241. The van der Waals surface area contributed by atoms with Crippen LogP contribution >= 0.6 is 0 Å². The van der Waals surface area contributed by atoms with E-state index in [1.165, 1.54) is 0 Å². The van der Waals surface area contributed by atoms with E-state index in [9.17, 15) is 29.0 Å². The van der Waals surface area contributed by atoms with Gasteiger partial charge >= 0.3 is 0 Å². The first-order valence-corrected chi connectivity index (χ1v) is 6.49. The SMILES string of the molecule is Nc1c(O)c(F)c(O)c2c1CN(C1CCC(=O)NC1=O)C2=O. The van der Waals surface area contributed by atoms with Crippen molar-refractivity contribution in [2.75, 3.05) is 5.73 Å². The predicted molar refractivity (Wildman–Crippen MR) is 70.2 cm³/mol. The minimum atomic E-state index is -1.38. The van der Waals surface area contributed by atoms with Crippen molar-refractivity contribution in [3.63, 3.8) is 0 Å². The minimum Gasteiger partial charge on any atom is -0.504 e. The molecule has 1 unspecified atom stereocenters. The summed E-state index contributed by atoms with van der Waals surface area (Å²) < 4.78 is 13.6. The van der Waals surface area contributed by atoms with Crippen molar-refractivity contribution in [3.05, 3.63) is 16.9 Å². The Morgan fingerprint density at radius 1 is 1.23 bits per heavy atom. The zero-order chi connectivity index (χ0) is 16.2. The lowest BCUT2D eigenvalue weighted by Crippen LogP contribution is -2.52. The highest BCUT2D eigenvalue weighted by Crippen LogP contribution is 2.43. The van der Waals surface area contributed by atoms with Gasteiger partial charge in [-0.15, -0.1) is 0 Å². The molecular weight excluding hydrogens is 297 g/mol. The maximum Gasteiger partial charge on any atom is 0.259 e. The number of benzene rings is 1. The second-order valence-electron chi connectivity index (χ2n) is 5.18. The zero-order valence-electron chi connectivity index (χ0n) is 11.2. The molecule has 116 valence electrons. The fraction of sp³-hybridized carbons (Fsp3) is 0.308. The Bertz CT molecular complexity index is 733. The number of halogens is 1. The van der Waals surface area contributed by atoms with Gasteiger partial charge in [-0.05, 0) is 6.42 Å². The van der Waals surface area contributed by atoms with Crippen LogP contribution in [0.2, 0.25) is 0 Å². The van der Waals surface area contributed by atoms with Crippen molar-refractivity contribution in [1.82, 2.24) is 10.2 Å². The third-order valence-electron chi connectivity index (χ3n) is 3.92. The van der Waals surface area contributed by atoms with Crippen molar-refractivity contribution in [3.8, 4) is 11.5 Å². The first-order chi connectivity index (χ1) is 10.3. The molecule has 1 saturated heterocycles. The number of amides is 3. The van der Waals surface area contributed by atoms with Gasteiger partial charge < -0.3 is 20.8 Å². The van der Waals surface area contributed by atoms with Gasteiger partial charge in [0.2, 0.25) is 17.6 Å².